The van der Waals surface area contributed by atoms with E-state index in [1.807, 2.05) is 0 Å². The molecule has 1 heterocycles. The number of carbonyl (C=O) groups is 3. The average molecular weight is 366 g/mol. The van der Waals surface area contributed by atoms with Crippen LogP contribution in [0.4, 0.5) is 5.69 Å². The van der Waals surface area contributed by atoms with Crippen LogP contribution in [-0.4, -0.2) is 50.1 Å². The highest BCUT2D eigenvalue weighted by atomic mass is 32.2. The smallest absolute Gasteiger partial charge is 0.223 e. The number of hydrogen-bond donors (Lipinski definition) is 1. The number of anilines is 1. The van der Waals surface area contributed by atoms with Crippen LogP contribution >= 0.6 is 0 Å². The zero-order valence-electron chi connectivity index (χ0n) is 14.3. The first kappa shape index (κ1) is 19.1. The summed E-state index contributed by atoms with van der Waals surface area (Å²) >= 11 is 0. The molecule has 0 saturated carbocycles. The van der Waals surface area contributed by atoms with Crippen molar-refractivity contribution in [3.63, 3.8) is 0 Å². The van der Waals surface area contributed by atoms with Crippen LogP contribution in [0, 0.1) is 0 Å². The van der Waals surface area contributed by atoms with Gasteiger partial charge in [0.1, 0.15) is 0 Å². The standard InChI is InChI=1S/C17H22N2O5S/c1-12(20)14-4-3-5-16(10-14)19(13(2)21)8-6-17(22)18-15-7-9-25(23,24)11-15/h3-5,10,15H,6-9,11H2,1-2H3,(H,18,22). The topological polar surface area (TPSA) is 101 Å². The van der Waals surface area contributed by atoms with Crippen molar-refractivity contribution in [2.24, 2.45) is 0 Å². The fourth-order valence-corrected chi connectivity index (χ4v) is 4.46. The molecular weight excluding hydrogens is 344 g/mol. The van der Waals surface area contributed by atoms with Crippen molar-refractivity contribution in [2.75, 3.05) is 23.0 Å². The number of Topliss-reactive ketones (excluding diaryl/α,β-unsaturated/α-hetero) is 1. The molecular formula is C17H22N2O5S. The first-order valence-electron chi connectivity index (χ1n) is 8.07. The third kappa shape index (κ3) is 5.38. The molecule has 2 amide bonds. The van der Waals surface area contributed by atoms with Crippen molar-refractivity contribution >= 4 is 33.1 Å². The third-order valence-electron chi connectivity index (χ3n) is 4.10. The van der Waals surface area contributed by atoms with Crippen molar-refractivity contribution in [2.45, 2.75) is 32.7 Å². The predicted molar refractivity (Wildman–Crippen MR) is 94.3 cm³/mol. The first-order valence-corrected chi connectivity index (χ1v) is 9.89. The molecule has 136 valence electrons. The fourth-order valence-electron chi connectivity index (χ4n) is 2.78. The van der Waals surface area contributed by atoms with Crippen LogP contribution < -0.4 is 10.2 Å². The summed E-state index contributed by atoms with van der Waals surface area (Å²) in [5, 5.41) is 2.70. The Balaban J connectivity index is 1.98. The van der Waals surface area contributed by atoms with Crippen molar-refractivity contribution in [1.29, 1.82) is 0 Å². The second-order valence-electron chi connectivity index (χ2n) is 6.19. The summed E-state index contributed by atoms with van der Waals surface area (Å²) in [6.45, 7) is 2.99. The molecule has 0 aliphatic carbocycles. The minimum atomic E-state index is -3.05. The van der Waals surface area contributed by atoms with Gasteiger partial charge in [-0.05, 0) is 25.5 Å². The maximum absolute atomic E-state index is 12.0. The Labute approximate surface area is 147 Å². The maximum Gasteiger partial charge on any atom is 0.223 e. The fraction of sp³-hybridized carbons (Fsp3) is 0.471. The van der Waals surface area contributed by atoms with Gasteiger partial charge in [0, 0.05) is 37.2 Å². The van der Waals surface area contributed by atoms with E-state index in [0.717, 1.165) is 0 Å². The minimum Gasteiger partial charge on any atom is -0.352 e. The van der Waals surface area contributed by atoms with Crippen LogP contribution in [0.2, 0.25) is 0 Å². The Morgan fingerprint density at radius 2 is 1.96 bits per heavy atom. The molecule has 1 aliphatic heterocycles. The number of hydrogen-bond acceptors (Lipinski definition) is 5. The molecule has 1 unspecified atom stereocenters. The van der Waals surface area contributed by atoms with E-state index in [-0.39, 0.29) is 48.1 Å². The third-order valence-corrected chi connectivity index (χ3v) is 5.87. The molecule has 1 aromatic carbocycles. The lowest BCUT2D eigenvalue weighted by Crippen LogP contribution is -2.38. The quantitative estimate of drug-likeness (QED) is 0.755. The van der Waals surface area contributed by atoms with Crippen LogP contribution in [0.15, 0.2) is 24.3 Å². The highest BCUT2D eigenvalue weighted by Crippen LogP contribution is 2.18. The molecule has 1 aromatic rings. The second kappa shape index (κ2) is 7.77. The number of carbonyl (C=O) groups excluding carboxylic acids is 3. The molecule has 0 spiro atoms. The lowest BCUT2D eigenvalue weighted by atomic mass is 10.1. The zero-order valence-corrected chi connectivity index (χ0v) is 15.1. The lowest BCUT2D eigenvalue weighted by Gasteiger charge is -2.22. The normalized spacial score (nSPS) is 18.6. The Hall–Kier alpha value is -2.22. The minimum absolute atomic E-state index is 0.0319. The van der Waals surface area contributed by atoms with E-state index in [2.05, 4.69) is 5.32 Å². The highest BCUT2D eigenvalue weighted by Gasteiger charge is 2.29. The summed E-state index contributed by atoms with van der Waals surface area (Å²) in [4.78, 5) is 36.9. The highest BCUT2D eigenvalue weighted by molar-refractivity contribution is 7.91. The summed E-state index contributed by atoms with van der Waals surface area (Å²) in [6, 6.07) is 6.31. The first-order chi connectivity index (χ1) is 11.7. The average Bonchev–Trinajstić information content (AvgIpc) is 2.86. The van der Waals surface area contributed by atoms with Gasteiger partial charge in [0.15, 0.2) is 15.6 Å². The number of rotatable bonds is 6. The van der Waals surface area contributed by atoms with E-state index in [9.17, 15) is 22.8 Å². The molecule has 1 aliphatic rings. The predicted octanol–water partition coefficient (Wildman–Crippen LogP) is 0.935. The number of nitrogens with zero attached hydrogens (tertiary/aromatic N) is 1. The van der Waals surface area contributed by atoms with Gasteiger partial charge in [-0.25, -0.2) is 8.42 Å². The molecule has 8 heteroatoms. The Kier molecular flexibility index (Phi) is 5.94. The second-order valence-corrected chi connectivity index (χ2v) is 8.42. The van der Waals surface area contributed by atoms with Gasteiger partial charge in [-0.2, -0.15) is 0 Å². The van der Waals surface area contributed by atoms with Gasteiger partial charge in [0.05, 0.1) is 11.5 Å². The van der Waals surface area contributed by atoms with E-state index >= 15 is 0 Å². The zero-order chi connectivity index (χ0) is 18.6. The molecule has 0 bridgehead atoms. The maximum atomic E-state index is 12.0. The lowest BCUT2D eigenvalue weighted by molar-refractivity contribution is -0.121. The van der Waals surface area contributed by atoms with Gasteiger partial charge in [0.2, 0.25) is 11.8 Å². The Morgan fingerprint density at radius 1 is 1.24 bits per heavy atom. The van der Waals surface area contributed by atoms with Crippen molar-refractivity contribution in [3.8, 4) is 0 Å². The van der Waals surface area contributed by atoms with Crippen LogP contribution in [0.1, 0.15) is 37.0 Å². The summed E-state index contributed by atoms with van der Waals surface area (Å²) in [6.07, 6.45) is 0.478. The molecule has 0 radical (unpaired) electrons. The van der Waals surface area contributed by atoms with E-state index in [1.54, 1.807) is 24.3 Å². The molecule has 2 rings (SSSR count). The number of amides is 2. The summed E-state index contributed by atoms with van der Waals surface area (Å²) in [7, 11) is -3.05. The van der Waals surface area contributed by atoms with E-state index < -0.39 is 9.84 Å². The molecule has 0 aromatic heterocycles. The SMILES string of the molecule is CC(=O)c1cccc(N(CCC(=O)NC2CCS(=O)(=O)C2)C(C)=O)c1. The van der Waals surface area contributed by atoms with Gasteiger partial charge in [-0.15, -0.1) is 0 Å². The van der Waals surface area contributed by atoms with E-state index in [0.29, 0.717) is 17.7 Å². The van der Waals surface area contributed by atoms with Gasteiger partial charge >= 0.3 is 0 Å². The largest absolute Gasteiger partial charge is 0.352 e. The molecule has 1 saturated heterocycles. The van der Waals surface area contributed by atoms with E-state index in [4.69, 9.17) is 0 Å². The van der Waals surface area contributed by atoms with Crippen molar-refractivity contribution in [1.82, 2.24) is 5.32 Å². The Morgan fingerprint density at radius 3 is 2.52 bits per heavy atom. The molecule has 7 nitrogen and oxygen atoms in total. The van der Waals surface area contributed by atoms with Gasteiger partial charge in [-0.3, -0.25) is 14.4 Å². The molecule has 1 fully saturated rings. The summed E-state index contributed by atoms with van der Waals surface area (Å²) in [5.41, 5.74) is 1.04. The molecule has 1 N–H and O–H groups in total. The van der Waals surface area contributed by atoms with Gasteiger partial charge < -0.3 is 10.2 Å². The van der Waals surface area contributed by atoms with Crippen LogP contribution in [0.5, 0.6) is 0 Å². The van der Waals surface area contributed by atoms with Gasteiger partial charge in [0.25, 0.3) is 0 Å². The number of benzene rings is 1. The number of ketones is 1. The van der Waals surface area contributed by atoms with Crippen molar-refractivity contribution in [3.05, 3.63) is 29.8 Å². The Bertz CT molecular complexity index is 788. The van der Waals surface area contributed by atoms with Gasteiger partial charge in [-0.1, -0.05) is 12.1 Å². The van der Waals surface area contributed by atoms with Crippen molar-refractivity contribution < 1.29 is 22.8 Å². The number of sulfone groups is 1. The van der Waals surface area contributed by atoms with Crippen LogP contribution in [0.3, 0.4) is 0 Å². The molecule has 1 atom stereocenters. The summed E-state index contributed by atoms with van der Waals surface area (Å²) in [5.74, 6) is -0.580. The van der Waals surface area contributed by atoms with Crippen LogP contribution in [-0.2, 0) is 19.4 Å². The monoisotopic (exact) mass is 366 g/mol. The molecule has 25 heavy (non-hydrogen) atoms. The van der Waals surface area contributed by atoms with E-state index in [1.165, 1.54) is 18.7 Å². The van der Waals surface area contributed by atoms with Crippen LogP contribution in [0.25, 0.3) is 0 Å². The number of nitrogens with one attached hydrogen (secondary N) is 1. The summed E-state index contributed by atoms with van der Waals surface area (Å²) < 4.78 is 22.8.